The third-order valence-electron chi connectivity index (χ3n) is 6.81. The molecule has 0 spiro atoms. The first-order valence-corrected chi connectivity index (χ1v) is 13.5. The predicted molar refractivity (Wildman–Crippen MR) is 132 cm³/mol. The summed E-state index contributed by atoms with van der Waals surface area (Å²) in [5, 5.41) is 3.10. The molecule has 1 fully saturated rings. The summed E-state index contributed by atoms with van der Waals surface area (Å²) < 4.78 is 27.9. The van der Waals surface area contributed by atoms with E-state index in [0.717, 1.165) is 37.0 Å². The number of benzene rings is 1. The first-order chi connectivity index (χ1) is 16.1. The van der Waals surface area contributed by atoms with Crippen molar-refractivity contribution in [1.82, 2.24) is 24.1 Å². The molecule has 2 heterocycles. The largest absolute Gasteiger partial charge is 0.353 e. The van der Waals surface area contributed by atoms with E-state index in [0.29, 0.717) is 31.4 Å². The Bertz CT molecular complexity index is 1130. The van der Waals surface area contributed by atoms with Crippen LogP contribution in [-0.4, -0.2) is 72.2 Å². The number of rotatable bonds is 9. The number of piperidine rings is 1. The molecule has 1 aliphatic heterocycles. The molecule has 1 aliphatic rings. The second-order valence-electron chi connectivity index (χ2n) is 9.21. The Hall–Kier alpha value is -2.46. The van der Waals surface area contributed by atoms with Crippen LogP contribution in [0.2, 0.25) is 0 Å². The van der Waals surface area contributed by atoms with Crippen LogP contribution >= 0.6 is 0 Å². The minimum Gasteiger partial charge on any atom is -0.353 e. The first kappa shape index (κ1) is 26.2. The Labute approximate surface area is 202 Å². The highest BCUT2D eigenvalue weighted by Crippen LogP contribution is 2.22. The number of hydrogen-bond donors (Lipinski definition) is 1. The van der Waals surface area contributed by atoms with Gasteiger partial charge in [0.2, 0.25) is 21.8 Å². The number of carbonyl (C=O) groups excluding carboxylic acids is 2. The maximum Gasteiger partial charge on any atom is 0.242 e. The Morgan fingerprint density at radius 2 is 1.82 bits per heavy atom. The van der Waals surface area contributed by atoms with Crippen LogP contribution in [0.15, 0.2) is 23.1 Å². The summed E-state index contributed by atoms with van der Waals surface area (Å²) in [6.45, 7) is 5.47. The molecule has 0 saturated carbocycles. The Morgan fingerprint density at radius 1 is 1.18 bits per heavy atom. The molecular formula is C24H37N5O4S. The number of carbonyl (C=O) groups is 2. The van der Waals surface area contributed by atoms with E-state index < -0.39 is 10.0 Å². The van der Waals surface area contributed by atoms with Gasteiger partial charge in [0.05, 0.1) is 15.9 Å². The molecule has 0 aliphatic carbocycles. The van der Waals surface area contributed by atoms with Crippen molar-refractivity contribution in [3.63, 3.8) is 0 Å². The van der Waals surface area contributed by atoms with E-state index in [1.54, 1.807) is 18.2 Å². The average Bonchev–Trinajstić information content (AvgIpc) is 3.13. The fourth-order valence-electron chi connectivity index (χ4n) is 4.49. The van der Waals surface area contributed by atoms with Crippen LogP contribution in [0.25, 0.3) is 11.0 Å². The highest BCUT2D eigenvalue weighted by atomic mass is 32.2. The lowest BCUT2D eigenvalue weighted by Gasteiger charge is -2.34. The summed E-state index contributed by atoms with van der Waals surface area (Å²) in [5.41, 5.74) is 1.41. The molecule has 34 heavy (non-hydrogen) atoms. The standard InChI is InChI=1S/C24H37N5O4S/c1-6-17(7-2)24(31)29-14-12-18(13-15-29)25-23(30)11-10-22-26-20-16-19(34(32,33)27(3)4)8-9-21(20)28(22)5/h8-9,16-18H,6-7,10-15H2,1-5H3,(H,25,30). The molecule has 0 radical (unpaired) electrons. The fourth-order valence-corrected chi connectivity index (χ4v) is 5.41. The highest BCUT2D eigenvalue weighted by molar-refractivity contribution is 7.89. The lowest BCUT2D eigenvalue weighted by Crippen LogP contribution is -2.48. The lowest BCUT2D eigenvalue weighted by atomic mass is 9.98. The summed E-state index contributed by atoms with van der Waals surface area (Å²) in [6, 6.07) is 4.98. The number of aryl methyl sites for hydroxylation is 2. The number of imidazole rings is 1. The Kier molecular flexibility index (Phi) is 8.35. The number of hydrogen-bond acceptors (Lipinski definition) is 5. The van der Waals surface area contributed by atoms with Crippen LogP contribution in [0.3, 0.4) is 0 Å². The topological polar surface area (TPSA) is 105 Å². The molecule has 1 aromatic heterocycles. The third-order valence-corrected chi connectivity index (χ3v) is 8.62. The molecule has 1 aromatic carbocycles. The summed E-state index contributed by atoms with van der Waals surface area (Å²) in [7, 11) is 1.33. The Morgan fingerprint density at radius 3 is 2.41 bits per heavy atom. The molecule has 0 unspecified atom stereocenters. The molecule has 188 valence electrons. The molecule has 1 saturated heterocycles. The van der Waals surface area contributed by atoms with Crippen molar-refractivity contribution in [3.8, 4) is 0 Å². The van der Waals surface area contributed by atoms with Gasteiger partial charge >= 0.3 is 0 Å². The normalized spacial score (nSPS) is 15.4. The zero-order valence-electron chi connectivity index (χ0n) is 20.9. The quantitative estimate of drug-likeness (QED) is 0.580. The maximum atomic E-state index is 12.6. The molecule has 2 aromatic rings. The van der Waals surface area contributed by atoms with Crippen molar-refractivity contribution in [1.29, 1.82) is 0 Å². The molecule has 10 heteroatoms. The molecule has 3 rings (SSSR count). The van der Waals surface area contributed by atoms with E-state index in [-0.39, 0.29) is 28.7 Å². The van der Waals surface area contributed by atoms with E-state index in [2.05, 4.69) is 10.3 Å². The van der Waals surface area contributed by atoms with E-state index in [1.165, 1.54) is 18.4 Å². The van der Waals surface area contributed by atoms with Gasteiger partial charge in [0.1, 0.15) is 5.82 Å². The molecular weight excluding hydrogens is 454 g/mol. The monoisotopic (exact) mass is 491 g/mol. The van der Waals surface area contributed by atoms with Crippen LogP contribution in [0.5, 0.6) is 0 Å². The fraction of sp³-hybridized carbons (Fsp3) is 0.625. The van der Waals surface area contributed by atoms with Gasteiger partial charge in [0.25, 0.3) is 0 Å². The van der Waals surface area contributed by atoms with Crippen LogP contribution in [-0.2, 0) is 33.1 Å². The molecule has 1 N–H and O–H groups in total. The zero-order valence-corrected chi connectivity index (χ0v) is 21.7. The van der Waals surface area contributed by atoms with E-state index >= 15 is 0 Å². The van der Waals surface area contributed by atoms with Gasteiger partial charge in [-0.1, -0.05) is 13.8 Å². The molecule has 0 atom stereocenters. The van der Waals surface area contributed by atoms with Crippen molar-refractivity contribution in [2.24, 2.45) is 13.0 Å². The van der Waals surface area contributed by atoms with Crippen LogP contribution in [0.4, 0.5) is 0 Å². The second-order valence-corrected chi connectivity index (χ2v) is 11.4. The maximum absolute atomic E-state index is 12.6. The van der Waals surface area contributed by atoms with E-state index in [4.69, 9.17) is 0 Å². The van der Waals surface area contributed by atoms with Crippen molar-refractivity contribution in [2.45, 2.75) is 63.3 Å². The van der Waals surface area contributed by atoms with Crippen LogP contribution in [0.1, 0.15) is 51.8 Å². The smallest absolute Gasteiger partial charge is 0.242 e. The first-order valence-electron chi connectivity index (χ1n) is 12.0. The summed E-state index contributed by atoms with van der Waals surface area (Å²) in [6.07, 6.45) is 4.02. The summed E-state index contributed by atoms with van der Waals surface area (Å²) in [5.74, 6) is 1.03. The van der Waals surface area contributed by atoms with Crippen LogP contribution < -0.4 is 5.32 Å². The number of aromatic nitrogens is 2. The van der Waals surface area contributed by atoms with Crippen molar-refractivity contribution >= 4 is 32.9 Å². The minimum atomic E-state index is -3.54. The van der Waals surface area contributed by atoms with Gasteiger partial charge in [-0.2, -0.15) is 0 Å². The van der Waals surface area contributed by atoms with Gasteiger partial charge in [-0.3, -0.25) is 9.59 Å². The number of nitrogens with zero attached hydrogens (tertiary/aromatic N) is 4. The van der Waals surface area contributed by atoms with Crippen LogP contribution in [0, 0.1) is 5.92 Å². The zero-order chi connectivity index (χ0) is 25.0. The summed E-state index contributed by atoms with van der Waals surface area (Å²) in [4.78, 5) is 31.8. The van der Waals surface area contributed by atoms with Gasteiger partial charge in [-0.05, 0) is 43.9 Å². The Balaban J connectivity index is 1.56. The van der Waals surface area contributed by atoms with Gasteiger partial charge < -0.3 is 14.8 Å². The van der Waals surface area contributed by atoms with Gasteiger partial charge in [-0.15, -0.1) is 0 Å². The van der Waals surface area contributed by atoms with Gasteiger partial charge in [-0.25, -0.2) is 17.7 Å². The molecule has 9 nitrogen and oxygen atoms in total. The number of amides is 2. The number of fused-ring (bicyclic) bond motifs is 1. The molecule has 2 amide bonds. The van der Waals surface area contributed by atoms with Gasteiger partial charge in [0.15, 0.2) is 0 Å². The SMILES string of the molecule is CCC(CC)C(=O)N1CCC(NC(=O)CCc2nc3cc(S(=O)(=O)N(C)C)ccc3n2C)CC1. The van der Waals surface area contributed by atoms with Crippen molar-refractivity contribution < 1.29 is 18.0 Å². The minimum absolute atomic E-state index is 0.0345. The second kappa shape index (κ2) is 10.9. The summed E-state index contributed by atoms with van der Waals surface area (Å²) >= 11 is 0. The average molecular weight is 492 g/mol. The van der Waals surface area contributed by atoms with Crippen molar-refractivity contribution in [3.05, 3.63) is 24.0 Å². The van der Waals surface area contributed by atoms with Crippen molar-refractivity contribution in [2.75, 3.05) is 27.2 Å². The van der Waals surface area contributed by atoms with E-state index in [9.17, 15) is 18.0 Å². The third kappa shape index (κ3) is 5.60. The molecule has 0 bridgehead atoms. The predicted octanol–water partition coefficient (Wildman–Crippen LogP) is 2.30. The van der Waals surface area contributed by atoms with E-state index in [1.807, 2.05) is 30.4 Å². The number of nitrogens with one attached hydrogen (secondary N) is 1. The number of likely N-dealkylation sites (tertiary alicyclic amines) is 1. The van der Waals surface area contributed by atoms with Gasteiger partial charge in [0, 0.05) is 59.0 Å². The number of sulfonamides is 1. The lowest BCUT2D eigenvalue weighted by molar-refractivity contribution is -0.137. The highest BCUT2D eigenvalue weighted by Gasteiger charge is 2.27.